The summed E-state index contributed by atoms with van der Waals surface area (Å²) < 4.78 is 0. The van der Waals surface area contributed by atoms with Crippen molar-refractivity contribution in [2.75, 3.05) is 19.7 Å². The molecule has 1 heterocycles. The number of aliphatic hydroxyl groups excluding tert-OH is 3. The topological polar surface area (TPSA) is 63.9 Å². The molecule has 2 fully saturated rings. The van der Waals surface area contributed by atoms with Crippen molar-refractivity contribution in [3.63, 3.8) is 0 Å². The van der Waals surface area contributed by atoms with E-state index in [1.807, 2.05) is 0 Å². The van der Waals surface area contributed by atoms with Crippen LogP contribution in [0.25, 0.3) is 0 Å². The molecule has 2 rings (SSSR count). The summed E-state index contributed by atoms with van der Waals surface area (Å²) in [5.41, 5.74) is 0. The van der Waals surface area contributed by atoms with Gasteiger partial charge in [0.1, 0.15) is 0 Å². The molecule has 19 heavy (non-hydrogen) atoms. The first kappa shape index (κ1) is 18.8. The Balaban J connectivity index is 0.000000334. The number of piperidine rings is 1. The van der Waals surface area contributed by atoms with Crippen molar-refractivity contribution in [1.29, 1.82) is 0 Å². The highest BCUT2D eigenvalue weighted by Gasteiger charge is 2.22. The van der Waals surface area contributed by atoms with E-state index in [0.29, 0.717) is 6.04 Å². The summed E-state index contributed by atoms with van der Waals surface area (Å²) in [6.07, 6.45) is 6.21. The Morgan fingerprint density at radius 3 is 1.89 bits per heavy atom. The minimum absolute atomic E-state index is 0.0648. The molecule has 3 N–H and O–H groups in total. The molecular formula is C15H33NO3. The van der Waals surface area contributed by atoms with E-state index in [4.69, 9.17) is 10.2 Å². The molecule has 0 aromatic rings. The van der Waals surface area contributed by atoms with E-state index in [1.54, 1.807) is 0 Å². The average Bonchev–Trinajstić information content (AvgIpc) is 2.32. The molecule has 0 spiro atoms. The number of likely N-dealkylation sites (tertiary alicyclic amines) is 1. The lowest BCUT2D eigenvalue weighted by molar-refractivity contribution is 0.0395. The van der Waals surface area contributed by atoms with Crippen LogP contribution >= 0.6 is 0 Å². The number of nitrogens with zero attached hydrogens (tertiary/aromatic N) is 1. The first-order chi connectivity index (χ1) is 9.04. The van der Waals surface area contributed by atoms with Gasteiger partial charge in [-0.05, 0) is 39.0 Å². The molecule has 116 valence electrons. The minimum atomic E-state index is -0.125. The van der Waals surface area contributed by atoms with Gasteiger partial charge in [-0.15, -0.1) is 0 Å². The molecule has 2 atom stereocenters. The quantitative estimate of drug-likeness (QED) is 0.719. The Morgan fingerprint density at radius 2 is 1.58 bits per heavy atom. The van der Waals surface area contributed by atoms with Gasteiger partial charge in [0.05, 0.1) is 18.8 Å². The second-order valence-electron chi connectivity index (χ2n) is 5.58. The molecule has 1 saturated heterocycles. The molecule has 1 aliphatic carbocycles. The summed E-state index contributed by atoms with van der Waals surface area (Å²) in [7, 11) is 0. The van der Waals surface area contributed by atoms with Crippen molar-refractivity contribution < 1.29 is 15.3 Å². The van der Waals surface area contributed by atoms with E-state index < -0.39 is 0 Å². The molecule has 4 nitrogen and oxygen atoms in total. The van der Waals surface area contributed by atoms with Crippen molar-refractivity contribution in [3.05, 3.63) is 0 Å². The highest BCUT2D eigenvalue weighted by atomic mass is 16.3. The Labute approximate surface area is 118 Å². The lowest BCUT2D eigenvalue weighted by Crippen LogP contribution is -2.43. The number of β-amino-alcohol motifs (C(OH)–C–C–N with tert-alkyl or cyclic N) is 1. The summed E-state index contributed by atoms with van der Waals surface area (Å²) in [5.74, 6) is 0. The number of rotatable bonds is 2. The van der Waals surface area contributed by atoms with Crippen LogP contribution in [0.4, 0.5) is 0 Å². The molecule has 0 unspecified atom stereocenters. The summed E-state index contributed by atoms with van der Waals surface area (Å²) >= 11 is 0. The van der Waals surface area contributed by atoms with Crippen molar-refractivity contribution in [3.8, 4) is 0 Å². The van der Waals surface area contributed by atoms with Crippen molar-refractivity contribution >= 4 is 0 Å². The van der Waals surface area contributed by atoms with Gasteiger partial charge in [-0.1, -0.05) is 20.3 Å². The maximum atomic E-state index is 9.28. The minimum Gasteiger partial charge on any atom is -0.395 e. The summed E-state index contributed by atoms with van der Waals surface area (Å²) in [6, 6.07) is 0.422. The lowest BCUT2D eigenvalue weighted by atomic mass is 9.97. The SMILES string of the molecule is CCC.C[C@H]1C[C@@H](O)CCN1CCO.OC1CCC1. The third-order valence-electron chi connectivity index (χ3n) is 3.45. The van der Waals surface area contributed by atoms with Crippen molar-refractivity contribution in [2.24, 2.45) is 0 Å². The number of aliphatic hydroxyl groups is 3. The second kappa shape index (κ2) is 11.6. The molecule has 0 aromatic heterocycles. The fraction of sp³-hybridized carbons (Fsp3) is 1.00. The first-order valence-electron chi connectivity index (χ1n) is 7.76. The van der Waals surface area contributed by atoms with Crippen molar-refractivity contribution in [1.82, 2.24) is 4.90 Å². The predicted octanol–water partition coefficient (Wildman–Crippen LogP) is 1.77. The smallest absolute Gasteiger partial charge is 0.0567 e. The van der Waals surface area contributed by atoms with Crippen LogP contribution in [-0.2, 0) is 0 Å². The van der Waals surface area contributed by atoms with E-state index in [2.05, 4.69) is 25.7 Å². The second-order valence-corrected chi connectivity index (χ2v) is 5.58. The molecular weight excluding hydrogens is 242 g/mol. The fourth-order valence-corrected chi connectivity index (χ4v) is 2.04. The molecule has 0 bridgehead atoms. The maximum Gasteiger partial charge on any atom is 0.0567 e. The summed E-state index contributed by atoms with van der Waals surface area (Å²) in [5, 5.41) is 26.4. The van der Waals surface area contributed by atoms with Gasteiger partial charge in [0, 0.05) is 19.1 Å². The van der Waals surface area contributed by atoms with Gasteiger partial charge in [-0.25, -0.2) is 0 Å². The number of hydrogen-bond acceptors (Lipinski definition) is 4. The van der Waals surface area contributed by atoms with E-state index in [-0.39, 0.29) is 18.8 Å². The zero-order valence-corrected chi connectivity index (χ0v) is 12.9. The summed E-state index contributed by atoms with van der Waals surface area (Å²) in [4.78, 5) is 2.22. The normalized spacial score (nSPS) is 27.5. The van der Waals surface area contributed by atoms with E-state index in [0.717, 1.165) is 38.8 Å². The van der Waals surface area contributed by atoms with Crippen LogP contribution in [0.5, 0.6) is 0 Å². The highest BCUT2D eigenvalue weighted by Crippen LogP contribution is 2.16. The molecule has 4 heteroatoms. The summed E-state index contributed by atoms with van der Waals surface area (Å²) in [6.45, 7) is 8.23. The van der Waals surface area contributed by atoms with Gasteiger partial charge in [0.15, 0.2) is 0 Å². The first-order valence-corrected chi connectivity index (χ1v) is 7.76. The van der Waals surface area contributed by atoms with E-state index >= 15 is 0 Å². The Bertz CT molecular complexity index is 198. The third-order valence-corrected chi connectivity index (χ3v) is 3.45. The van der Waals surface area contributed by atoms with Gasteiger partial charge < -0.3 is 15.3 Å². The van der Waals surface area contributed by atoms with Gasteiger partial charge in [0.25, 0.3) is 0 Å². The van der Waals surface area contributed by atoms with Crippen LogP contribution in [0.1, 0.15) is 59.3 Å². The van der Waals surface area contributed by atoms with Crippen LogP contribution < -0.4 is 0 Å². The lowest BCUT2D eigenvalue weighted by Gasteiger charge is -2.35. The zero-order valence-electron chi connectivity index (χ0n) is 12.9. The maximum absolute atomic E-state index is 9.28. The Hall–Kier alpha value is -0.160. The number of hydrogen-bond donors (Lipinski definition) is 3. The largest absolute Gasteiger partial charge is 0.395 e. The van der Waals surface area contributed by atoms with E-state index in [1.165, 1.54) is 12.8 Å². The van der Waals surface area contributed by atoms with Crippen LogP contribution in [0.15, 0.2) is 0 Å². The van der Waals surface area contributed by atoms with Gasteiger partial charge in [0.2, 0.25) is 0 Å². The molecule has 1 aliphatic heterocycles. The zero-order chi connectivity index (χ0) is 14.7. The van der Waals surface area contributed by atoms with Gasteiger partial charge >= 0.3 is 0 Å². The van der Waals surface area contributed by atoms with Gasteiger partial charge in [-0.3, -0.25) is 4.90 Å². The highest BCUT2D eigenvalue weighted by molar-refractivity contribution is 4.77. The van der Waals surface area contributed by atoms with Crippen LogP contribution in [-0.4, -0.2) is 58.2 Å². The predicted molar refractivity (Wildman–Crippen MR) is 79.2 cm³/mol. The molecule has 0 amide bonds. The standard InChI is InChI=1S/C8H17NO2.C4H8O.C3H8/c1-7-6-8(11)2-3-9(7)4-5-10;5-4-2-1-3-4;1-3-2/h7-8,10-11H,2-6H2,1H3;4-5H,1-3H2;3H2,1-2H3/t7-,8-;;/m0../s1. The van der Waals surface area contributed by atoms with Crippen LogP contribution in [0.3, 0.4) is 0 Å². The third kappa shape index (κ3) is 9.38. The fourth-order valence-electron chi connectivity index (χ4n) is 2.04. The van der Waals surface area contributed by atoms with Crippen molar-refractivity contribution in [2.45, 2.75) is 77.5 Å². The monoisotopic (exact) mass is 275 g/mol. The Kier molecular flexibility index (Phi) is 11.6. The molecule has 1 saturated carbocycles. The van der Waals surface area contributed by atoms with E-state index in [9.17, 15) is 5.11 Å². The van der Waals surface area contributed by atoms with Gasteiger partial charge in [-0.2, -0.15) is 0 Å². The molecule has 0 radical (unpaired) electrons. The molecule has 2 aliphatic rings. The average molecular weight is 275 g/mol. The Morgan fingerprint density at radius 1 is 1.05 bits per heavy atom. The van der Waals surface area contributed by atoms with Crippen LogP contribution in [0, 0.1) is 0 Å². The van der Waals surface area contributed by atoms with Crippen LogP contribution in [0.2, 0.25) is 0 Å². The molecule has 0 aromatic carbocycles.